The van der Waals surface area contributed by atoms with Gasteiger partial charge in [-0.25, -0.2) is 0 Å². The van der Waals surface area contributed by atoms with Crippen LogP contribution in [0.2, 0.25) is 0 Å². The van der Waals surface area contributed by atoms with Gasteiger partial charge >= 0.3 is 0 Å². The Morgan fingerprint density at radius 2 is 2.09 bits per heavy atom. The van der Waals surface area contributed by atoms with E-state index in [0.29, 0.717) is 6.42 Å². The van der Waals surface area contributed by atoms with Crippen LogP contribution in [0.15, 0.2) is 24.3 Å². The molecule has 0 rings (SSSR count). The van der Waals surface area contributed by atoms with Crippen LogP contribution < -0.4 is 5.11 Å². The van der Waals surface area contributed by atoms with Crippen LogP contribution in [0.4, 0.5) is 0 Å². The number of rotatable bonds is 4. The number of hydrogen-bond acceptors (Lipinski definition) is 1. The summed E-state index contributed by atoms with van der Waals surface area (Å²) in [6.07, 6.45) is 5.06. The maximum Gasteiger partial charge on any atom is -0.0353 e. The van der Waals surface area contributed by atoms with E-state index in [1.165, 1.54) is 11.6 Å². The van der Waals surface area contributed by atoms with E-state index < -0.39 is 5.60 Å². The molecule has 0 aliphatic rings. The van der Waals surface area contributed by atoms with E-state index in [1.807, 2.05) is 13.8 Å². The minimum absolute atomic E-state index is 0.641. The van der Waals surface area contributed by atoms with Crippen molar-refractivity contribution in [3.05, 3.63) is 24.3 Å². The molecule has 0 spiro atoms. The number of allylic oxidation sites excluding steroid dienone is 2. The molecule has 1 nitrogen and oxygen atoms in total. The SMILES string of the molecule is C=CC(C)([O-])CCC=C(C)C. The fraction of sp³-hybridized carbons (Fsp3) is 0.600. The maximum absolute atomic E-state index is 11.3. The van der Waals surface area contributed by atoms with Crippen molar-refractivity contribution in [3.63, 3.8) is 0 Å². The molecule has 0 heterocycles. The molecule has 0 aromatic rings. The fourth-order valence-corrected chi connectivity index (χ4v) is 0.750. The molecule has 0 N–H and O–H groups in total. The first kappa shape index (κ1) is 10.4. The predicted molar refractivity (Wildman–Crippen MR) is 47.3 cm³/mol. The van der Waals surface area contributed by atoms with Gasteiger partial charge in [0.1, 0.15) is 0 Å². The summed E-state index contributed by atoms with van der Waals surface area (Å²) in [5.74, 6) is 0. The van der Waals surface area contributed by atoms with Crippen molar-refractivity contribution in [1.29, 1.82) is 0 Å². The van der Waals surface area contributed by atoms with Crippen LogP contribution in [-0.4, -0.2) is 5.60 Å². The summed E-state index contributed by atoms with van der Waals surface area (Å²) in [6, 6.07) is 0. The monoisotopic (exact) mass is 153 g/mol. The van der Waals surface area contributed by atoms with E-state index >= 15 is 0 Å². The third-order valence-corrected chi connectivity index (χ3v) is 1.63. The number of hydrogen-bond donors (Lipinski definition) is 0. The Balaban J connectivity index is 3.71. The lowest BCUT2D eigenvalue weighted by atomic mass is 10.00. The molecule has 0 fully saturated rings. The molecular weight excluding hydrogens is 136 g/mol. The fourth-order valence-electron chi connectivity index (χ4n) is 0.750. The summed E-state index contributed by atoms with van der Waals surface area (Å²) in [7, 11) is 0. The molecule has 0 aliphatic carbocycles. The Bertz CT molecular complexity index is 150. The summed E-state index contributed by atoms with van der Waals surface area (Å²) < 4.78 is 0. The molecule has 0 saturated carbocycles. The van der Waals surface area contributed by atoms with Crippen LogP contribution in [0.5, 0.6) is 0 Å². The van der Waals surface area contributed by atoms with Gasteiger partial charge in [0.25, 0.3) is 0 Å². The van der Waals surface area contributed by atoms with Gasteiger partial charge in [0, 0.05) is 0 Å². The largest absolute Gasteiger partial charge is 0.847 e. The molecule has 0 aromatic carbocycles. The first-order chi connectivity index (χ1) is 4.98. The van der Waals surface area contributed by atoms with Gasteiger partial charge in [-0.2, -0.15) is 0 Å². The predicted octanol–water partition coefficient (Wildman–Crippen LogP) is 2.04. The zero-order valence-corrected chi connectivity index (χ0v) is 7.68. The second-order valence-electron chi connectivity index (χ2n) is 3.34. The molecule has 64 valence electrons. The minimum Gasteiger partial charge on any atom is -0.847 e. The van der Waals surface area contributed by atoms with Crippen molar-refractivity contribution in [2.24, 2.45) is 0 Å². The third-order valence-electron chi connectivity index (χ3n) is 1.63. The molecular formula is C10H17O-. The summed E-state index contributed by atoms with van der Waals surface area (Å²) in [5, 5.41) is 11.3. The summed E-state index contributed by atoms with van der Waals surface area (Å²) in [4.78, 5) is 0. The van der Waals surface area contributed by atoms with E-state index in [9.17, 15) is 5.11 Å². The van der Waals surface area contributed by atoms with Crippen molar-refractivity contribution in [2.75, 3.05) is 0 Å². The summed E-state index contributed by atoms with van der Waals surface area (Å²) >= 11 is 0. The van der Waals surface area contributed by atoms with Crippen LogP contribution in [-0.2, 0) is 0 Å². The Labute approximate surface area is 69.4 Å². The third kappa shape index (κ3) is 5.86. The highest BCUT2D eigenvalue weighted by Gasteiger charge is 2.01. The van der Waals surface area contributed by atoms with Crippen molar-refractivity contribution in [2.45, 2.75) is 39.2 Å². The van der Waals surface area contributed by atoms with Gasteiger partial charge < -0.3 is 5.11 Å². The smallest absolute Gasteiger partial charge is 0.0353 e. The lowest BCUT2D eigenvalue weighted by Gasteiger charge is -2.32. The Hall–Kier alpha value is -0.560. The molecule has 0 saturated heterocycles. The van der Waals surface area contributed by atoms with Crippen LogP contribution >= 0.6 is 0 Å². The van der Waals surface area contributed by atoms with Gasteiger partial charge in [-0.1, -0.05) is 30.6 Å². The standard InChI is InChI=1S/C10H17O/c1-5-10(4,11)8-6-7-9(2)3/h5,7H,1,6,8H2,2-4H3/q-1. The van der Waals surface area contributed by atoms with Crippen LogP contribution in [0.1, 0.15) is 33.6 Å². The zero-order chi connectivity index (χ0) is 8.91. The van der Waals surface area contributed by atoms with E-state index in [-0.39, 0.29) is 0 Å². The molecule has 1 heteroatoms. The van der Waals surface area contributed by atoms with E-state index in [4.69, 9.17) is 0 Å². The summed E-state index contributed by atoms with van der Waals surface area (Å²) in [5.41, 5.74) is 0.316. The second kappa shape index (κ2) is 4.35. The van der Waals surface area contributed by atoms with E-state index in [1.54, 1.807) is 6.92 Å². The van der Waals surface area contributed by atoms with Crippen molar-refractivity contribution in [3.8, 4) is 0 Å². The van der Waals surface area contributed by atoms with Crippen molar-refractivity contribution >= 4 is 0 Å². The lowest BCUT2D eigenvalue weighted by molar-refractivity contribution is -0.454. The molecule has 0 bridgehead atoms. The Morgan fingerprint density at radius 1 is 1.55 bits per heavy atom. The molecule has 0 amide bonds. The normalized spacial score (nSPS) is 15.3. The molecule has 1 atom stereocenters. The quantitative estimate of drug-likeness (QED) is 0.567. The van der Waals surface area contributed by atoms with Crippen LogP contribution in [0, 0.1) is 0 Å². The maximum atomic E-state index is 11.3. The highest BCUT2D eigenvalue weighted by molar-refractivity contribution is 4.97. The molecule has 0 aromatic heterocycles. The van der Waals surface area contributed by atoms with E-state index in [0.717, 1.165) is 6.42 Å². The highest BCUT2D eigenvalue weighted by Crippen LogP contribution is 2.10. The summed E-state index contributed by atoms with van der Waals surface area (Å²) in [6.45, 7) is 9.24. The Kier molecular flexibility index (Phi) is 4.12. The van der Waals surface area contributed by atoms with Gasteiger partial charge in [0.2, 0.25) is 0 Å². The molecule has 0 radical (unpaired) electrons. The average molecular weight is 153 g/mol. The lowest BCUT2D eigenvalue weighted by Crippen LogP contribution is -2.37. The van der Waals surface area contributed by atoms with Crippen LogP contribution in [0.3, 0.4) is 0 Å². The van der Waals surface area contributed by atoms with Gasteiger partial charge in [-0.15, -0.1) is 12.7 Å². The highest BCUT2D eigenvalue weighted by atomic mass is 16.3. The molecule has 11 heavy (non-hydrogen) atoms. The van der Waals surface area contributed by atoms with Gasteiger partial charge in [0.15, 0.2) is 0 Å². The average Bonchev–Trinajstić information content (AvgIpc) is 1.87. The first-order valence-corrected chi connectivity index (χ1v) is 3.95. The van der Waals surface area contributed by atoms with Crippen LogP contribution in [0.25, 0.3) is 0 Å². The second-order valence-corrected chi connectivity index (χ2v) is 3.34. The first-order valence-electron chi connectivity index (χ1n) is 3.95. The van der Waals surface area contributed by atoms with Crippen molar-refractivity contribution in [1.82, 2.24) is 0 Å². The minimum atomic E-state index is -0.952. The van der Waals surface area contributed by atoms with Crippen molar-refractivity contribution < 1.29 is 5.11 Å². The zero-order valence-electron chi connectivity index (χ0n) is 7.68. The molecule has 1 unspecified atom stereocenters. The Morgan fingerprint density at radius 3 is 2.45 bits per heavy atom. The van der Waals surface area contributed by atoms with E-state index in [2.05, 4.69) is 12.7 Å². The van der Waals surface area contributed by atoms with Gasteiger partial charge in [-0.05, 0) is 20.3 Å². The van der Waals surface area contributed by atoms with Gasteiger partial charge in [0.05, 0.1) is 0 Å². The molecule has 0 aliphatic heterocycles. The van der Waals surface area contributed by atoms with Gasteiger partial charge in [-0.3, -0.25) is 0 Å². The topological polar surface area (TPSA) is 23.1 Å².